The third-order valence-corrected chi connectivity index (χ3v) is 6.30. The Morgan fingerprint density at radius 2 is 1.75 bits per heavy atom. The van der Waals surface area contributed by atoms with Crippen molar-refractivity contribution in [2.24, 2.45) is 0 Å². The molecule has 0 saturated carbocycles. The zero-order valence-corrected chi connectivity index (χ0v) is 18.5. The molecule has 2 aromatic heterocycles. The van der Waals surface area contributed by atoms with Gasteiger partial charge in [-0.1, -0.05) is 5.16 Å². The predicted octanol–water partition coefficient (Wildman–Crippen LogP) is 3.53. The minimum atomic E-state index is -3.86. The molecule has 0 fully saturated rings. The minimum Gasteiger partial charge on any atom is -0.356 e. The summed E-state index contributed by atoms with van der Waals surface area (Å²) in [5, 5.41) is 7.56. The van der Waals surface area contributed by atoms with E-state index in [1.165, 1.54) is 30.5 Å². The van der Waals surface area contributed by atoms with Gasteiger partial charge < -0.3 is 9.84 Å². The average Bonchev–Trinajstić information content (AvgIpc) is 3.09. The Hall–Kier alpha value is -3.79. The van der Waals surface area contributed by atoms with E-state index in [1.54, 1.807) is 13.0 Å². The van der Waals surface area contributed by atoms with E-state index >= 15 is 0 Å². The number of carbonyl (C=O) groups is 1. The van der Waals surface area contributed by atoms with E-state index in [1.807, 2.05) is 26.0 Å². The third-order valence-electron chi connectivity index (χ3n) is 4.96. The monoisotopic (exact) mass is 451 g/mol. The van der Waals surface area contributed by atoms with Gasteiger partial charge in [-0.25, -0.2) is 23.1 Å². The van der Waals surface area contributed by atoms with Crippen molar-refractivity contribution in [1.82, 2.24) is 15.1 Å². The summed E-state index contributed by atoms with van der Waals surface area (Å²) in [6.45, 7) is 5.71. The highest BCUT2D eigenvalue weighted by Gasteiger charge is 2.17. The van der Waals surface area contributed by atoms with Crippen LogP contribution in [-0.4, -0.2) is 29.4 Å². The summed E-state index contributed by atoms with van der Waals surface area (Å²) in [6.07, 6.45) is 1.50. The van der Waals surface area contributed by atoms with Crippen LogP contribution in [0.15, 0.2) is 58.1 Å². The first kappa shape index (κ1) is 21.4. The maximum atomic E-state index is 12.5. The second-order valence-corrected chi connectivity index (χ2v) is 9.12. The molecule has 2 heterocycles. The fourth-order valence-corrected chi connectivity index (χ4v) is 4.07. The van der Waals surface area contributed by atoms with Crippen molar-refractivity contribution < 1.29 is 17.7 Å². The van der Waals surface area contributed by atoms with E-state index in [4.69, 9.17) is 4.52 Å². The molecule has 0 atom stereocenters. The Bertz CT molecular complexity index is 1410. The summed E-state index contributed by atoms with van der Waals surface area (Å²) in [4.78, 5) is 20.5. The second-order valence-electron chi connectivity index (χ2n) is 7.44. The van der Waals surface area contributed by atoms with Gasteiger partial charge in [-0.3, -0.25) is 4.79 Å². The quantitative estimate of drug-likeness (QED) is 0.459. The first-order valence-corrected chi connectivity index (χ1v) is 11.3. The SMILES string of the molecule is Cc1ccnc(NS(=O)(=O)c2ccc(NC(=O)Cc3noc4cc(C)c(C)cc34)cc2)n1. The lowest BCUT2D eigenvalue weighted by Gasteiger charge is -2.08. The number of benzene rings is 2. The average molecular weight is 452 g/mol. The minimum absolute atomic E-state index is 0.00681. The van der Waals surface area contributed by atoms with Crippen molar-refractivity contribution in [3.8, 4) is 0 Å². The number of hydrogen-bond acceptors (Lipinski definition) is 7. The number of carbonyl (C=O) groups excluding carboxylic acids is 1. The summed E-state index contributed by atoms with van der Waals surface area (Å²) in [7, 11) is -3.86. The van der Waals surface area contributed by atoms with Crippen LogP contribution in [0.1, 0.15) is 22.5 Å². The normalized spacial score (nSPS) is 11.5. The summed E-state index contributed by atoms with van der Waals surface area (Å²) < 4.78 is 32.7. The molecule has 0 radical (unpaired) electrons. The lowest BCUT2D eigenvalue weighted by Crippen LogP contribution is -2.16. The molecule has 9 nitrogen and oxygen atoms in total. The molecule has 0 bridgehead atoms. The number of aromatic nitrogens is 3. The molecule has 0 unspecified atom stereocenters. The van der Waals surface area contributed by atoms with Gasteiger partial charge in [-0.15, -0.1) is 0 Å². The number of nitrogens with one attached hydrogen (secondary N) is 2. The summed E-state index contributed by atoms with van der Waals surface area (Å²) >= 11 is 0. The van der Waals surface area contributed by atoms with Gasteiger partial charge in [-0.05, 0) is 74.4 Å². The van der Waals surface area contributed by atoms with Crippen LogP contribution >= 0.6 is 0 Å². The van der Waals surface area contributed by atoms with E-state index in [0.717, 1.165) is 16.5 Å². The van der Waals surface area contributed by atoms with Crippen LogP contribution in [0.5, 0.6) is 0 Å². The third kappa shape index (κ3) is 4.59. The van der Waals surface area contributed by atoms with Gasteiger partial charge in [0, 0.05) is 23.0 Å². The van der Waals surface area contributed by atoms with Crippen LogP contribution in [0.4, 0.5) is 11.6 Å². The van der Waals surface area contributed by atoms with Crippen LogP contribution in [0.3, 0.4) is 0 Å². The molecule has 2 aromatic carbocycles. The molecule has 1 amide bonds. The van der Waals surface area contributed by atoms with E-state index in [2.05, 4.69) is 25.2 Å². The number of anilines is 2. The Balaban J connectivity index is 1.44. The van der Waals surface area contributed by atoms with Gasteiger partial charge >= 0.3 is 0 Å². The Kier molecular flexibility index (Phi) is 5.62. The highest BCUT2D eigenvalue weighted by Crippen LogP contribution is 2.23. The smallest absolute Gasteiger partial charge is 0.264 e. The van der Waals surface area contributed by atoms with Crippen molar-refractivity contribution in [3.05, 3.63) is 71.2 Å². The second kappa shape index (κ2) is 8.39. The number of fused-ring (bicyclic) bond motifs is 1. The molecule has 10 heteroatoms. The van der Waals surface area contributed by atoms with Crippen molar-refractivity contribution in [3.63, 3.8) is 0 Å². The maximum Gasteiger partial charge on any atom is 0.264 e. The van der Waals surface area contributed by atoms with Crippen LogP contribution in [-0.2, 0) is 21.2 Å². The van der Waals surface area contributed by atoms with Crippen LogP contribution in [0, 0.1) is 20.8 Å². The first-order chi connectivity index (χ1) is 15.2. The fourth-order valence-electron chi connectivity index (χ4n) is 3.12. The molecular weight excluding hydrogens is 430 g/mol. The van der Waals surface area contributed by atoms with Crippen LogP contribution in [0.2, 0.25) is 0 Å². The number of hydrogen-bond donors (Lipinski definition) is 2. The zero-order chi connectivity index (χ0) is 22.9. The largest absolute Gasteiger partial charge is 0.356 e. The molecular formula is C22H21N5O4S. The molecule has 0 aliphatic heterocycles. The molecule has 0 aliphatic carbocycles. The van der Waals surface area contributed by atoms with E-state index in [-0.39, 0.29) is 23.2 Å². The van der Waals surface area contributed by atoms with Crippen molar-refractivity contribution in [1.29, 1.82) is 0 Å². The summed E-state index contributed by atoms with van der Waals surface area (Å²) in [5.41, 5.74) is 4.45. The predicted molar refractivity (Wildman–Crippen MR) is 120 cm³/mol. The van der Waals surface area contributed by atoms with Gasteiger partial charge in [0.25, 0.3) is 10.0 Å². The number of aryl methyl sites for hydroxylation is 3. The summed E-state index contributed by atoms with van der Waals surface area (Å²) in [5.74, 6) is -0.298. The lowest BCUT2D eigenvalue weighted by molar-refractivity contribution is -0.115. The molecule has 4 aromatic rings. The topological polar surface area (TPSA) is 127 Å². The molecule has 164 valence electrons. The molecule has 4 rings (SSSR count). The number of amides is 1. The lowest BCUT2D eigenvalue weighted by atomic mass is 10.1. The number of sulfonamides is 1. The molecule has 0 aliphatic rings. The number of nitrogens with zero attached hydrogens (tertiary/aromatic N) is 3. The number of rotatable bonds is 6. The van der Waals surface area contributed by atoms with E-state index in [0.29, 0.717) is 22.7 Å². The van der Waals surface area contributed by atoms with Crippen molar-refractivity contribution >= 4 is 38.5 Å². The maximum absolute atomic E-state index is 12.5. The van der Waals surface area contributed by atoms with Gasteiger partial charge in [0.15, 0.2) is 5.58 Å². The standard InChI is InChI=1S/C22H21N5O4S/c1-13-10-18-19(26-31-20(18)11-14(13)2)12-21(28)25-16-4-6-17(7-5-16)32(29,30)27-22-23-9-8-15(3)24-22/h4-11H,12H2,1-3H3,(H,25,28)(H,23,24,27). The van der Waals surface area contributed by atoms with E-state index in [9.17, 15) is 13.2 Å². The van der Waals surface area contributed by atoms with Gasteiger partial charge in [0.05, 0.1) is 11.3 Å². The fraction of sp³-hybridized carbons (Fsp3) is 0.182. The van der Waals surface area contributed by atoms with Gasteiger partial charge in [0.1, 0.15) is 5.69 Å². The molecule has 2 N–H and O–H groups in total. The summed E-state index contributed by atoms with van der Waals surface area (Å²) in [6, 6.07) is 11.3. The molecule has 0 saturated heterocycles. The molecule has 32 heavy (non-hydrogen) atoms. The van der Waals surface area contributed by atoms with Gasteiger partial charge in [-0.2, -0.15) is 0 Å². The first-order valence-electron chi connectivity index (χ1n) is 9.79. The van der Waals surface area contributed by atoms with E-state index < -0.39 is 10.0 Å². The Morgan fingerprint density at radius 3 is 2.47 bits per heavy atom. The Labute approximate surface area is 184 Å². The van der Waals surface area contributed by atoms with Crippen molar-refractivity contribution in [2.75, 3.05) is 10.0 Å². The Morgan fingerprint density at radius 1 is 1.03 bits per heavy atom. The highest BCUT2D eigenvalue weighted by atomic mass is 32.2. The zero-order valence-electron chi connectivity index (χ0n) is 17.7. The molecule has 0 spiro atoms. The van der Waals surface area contributed by atoms with Crippen LogP contribution in [0.25, 0.3) is 11.0 Å². The highest BCUT2D eigenvalue weighted by molar-refractivity contribution is 7.92. The van der Waals surface area contributed by atoms with Gasteiger partial charge in [0.2, 0.25) is 11.9 Å². The van der Waals surface area contributed by atoms with Crippen molar-refractivity contribution in [2.45, 2.75) is 32.1 Å². The van der Waals surface area contributed by atoms with Crippen LogP contribution < -0.4 is 10.0 Å².